The molecule has 2 N–H and O–H groups in total. The lowest BCUT2D eigenvalue weighted by Gasteiger charge is -2.27. The summed E-state index contributed by atoms with van der Waals surface area (Å²) in [6.07, 6.45) is 0.886. The lowest BCUT2D eigenvalue weighted by molar-refractivity contribution is 0.174. The average molecular weight is 500 g/mol. The van der Waals surface area contributed by atoms with Crippen LogP contribution in [0.3, 0.4) is 0 Å². The molecule has 0 radical (unpaired) electrons. The van der Waals surface area contributed by atoms with Crippen LogP contribution >= 0.6 is 12.2 Å². The van der Waals surface area contributed by atoms with Gasteiger partial charge in [0.05, 0.1) is 12.1 Å². The maximum atomic E-state index is 13.1. The van der Waals surface area contributed by atoms with Crippen LogP contribution in [0.2, 0.25) is 0 Å². The molecule has 0 saturated heterocycles. The fourth-order valence-corrected chi connectivity index (χ4v) is 4.78. The van der Waals surface area contributed by atoms with Crippen molar-refractivity contribution in [1.82, 2.24) is 9.88 Å². The number of benzene rings is 3. The summed E-state index contributed by atoms with van der Waals surface area (Å²) < 4.78 is 11.0. The average Bonchev–Trinajstić information content (AvgIpc) is 3.35. The van der Waals surface area contributed by atoms with Crippen molar-refractivity contribution in [3.63, 3.8) is 0 Å². The topological polar surface area (TPSA) is 66.6 Å². The predicted molar refractivity (Wildman–Crippen MR) is 148 cm³/mol. The van der Waals surface area contributed by atoms with Crippen molar-refractivity contribution in [3.05, 3.63) is 98.8 Å². The van der Waals surface area contributed by atoms with Gasteiger partial charge in [-0.2, -0.15) is 0 Å². The zero-order valence-electron chi connectivity index (χ0n) is 20.7. The first-order valence-electron chi connectivity index (χ1n) is 12.1. The minimum Gasteiger partial charge on any atom is -0.454 e. The molecule has 0 spiro atoms. The Morgan fingerprint density at radius 3 is 2.58 bits per heavy atom. The number of aryl methyl sites for hydroxylation is 3. The number of aromatic nitrogens is 1. The number of para-hydroxylation sites is 1. The first-order chi connectivity index (χ1) is 17.4. The largest absolute Gasteiger partial charge is 0.454 e. The summed E-state index contributed by atoms with van der Waals surface area (Å²) in [6.45, 7) is 7.26. The van der Waals surface area contributed by atoms with Crippen molar-refractivity contribution in [2.75, 3.05) is 12.1 Å². The van der Waals surface area contributed by atoms with Gasteiger partial charge in [0.2, 0.25) is 6.79 Å². The lowest BCUT2D eigenvalue weighted by Crippen LogP contribution is -2.35. The van der Waals surface area contributed by atoms with Crippen LogP contribution in [-0.4, -0.2) is 21.8 Å². The summed E-state index contributed by atoms with van der Waals surface area (Å²) in [5.41, 5.74) is 6.75. The monoisotopic (exact) mass is 499 g/mol. The number of fused-ring (bicyclic) bond motifs is 2. The van der Waals surface area contributed by atoms with Gasteiger partial charge in [-0.1, -0.05) is 43.3 Å². The molecule has 1 aliphatic rings. The smallest absolute Gasteiger partial charge is 0.253 e. The van der Waals surface area contributed by atoms with E-state index in [1.165, 1.54) is 5.56 Å². The standard InChI is InChI=1S/C29H29N3O3S/c1-4-21-7-5-6-8-24(21)30-29(36)32(15-20-11-12-25-26(13-20)35-17-34-25)16-22-14-23-18(2)9-10-19(3)27(23)31-28(22)33/h5-14H,4,15-17H2,1-3H3,(H,30,36)(H,31,33). The van der Waals surface area contributed by atoms with Gasteiger partial charge in [-0.15, -0.1) is 0 Å². The Bertz CT molecular complexity index is 1510. The molecule has 36 heavy (non-hydrogen) atoms. The van der Waals surface area contributed by atoms with Crippen LogP contribution < -0.4 is 20.3 Å². The van der Waals surface area contributed by atoms with E-state index >= 15 is 0 Å². The third-order valence-electron chi connectivity index (χ3n) is 6.62. The number of thiocarbonyl (C=S) groups is 1. The number of aromatic amines is 1. The Kier molecular flexibility index (Phi) is 6.65. The highest BCUT2D eigenvalue weighted by molar-refractivity contribution is 7.80. The van der Waals surface area contributed by atoms with Gasteiger partial charge in [-0.3, -0.25) is 4.79 Å². The van der Waals surface area contributed by atoms with Gasteiger partial charge in [0.25, 0.3) is 5.56 Å². The van der Waals surface area contributed by atoms with Gasteiger partial charge in [0.15, 0.2) is 16.6 Å². The van der Waals surface area contributed by atoms with Crippen molar-refractivity contribution in [3.8, 4) is 11.5 Å². The van der Waals surface area contributed by atoms with E-state index in [2.05, 4.69) is 36.3 Å². The summed E-state index contributed by atoms with van der Waals surface area (Å²) >= 11 is 5.89. The van der Waals surface area contributed by atoms with E-state index in [0.29, 0.717) is 23.8 Å². The fraction of sp³-hybridized carbons (Fsp3) is 0.241. The Balaban J connectivity index is 1.50. The van der Waals surface area contributed by atoms with Crippen LogP contribution in [-0.2, 0) is 19.5 Å². The Morgan fingerprint density at radius 1 is 0.972 bits per heavy atom. The predicted octanol–water partition coefficient (Wildman–Crippen LogP) is 5.84. The molecular weight excluding hydrogens is 470 g/mol. The molecule has 6 nitrogen and oxygen atoms in total. The lowest BCUT2D eigenvalue weighted by atomic mass is 10.0. The molecule has 1 aromatic heterocycles. The first kappa shape index (κ1) is 23.9. The van der Waals surface area contributed by atoms with Crippen molar-refractivity contribution < 1.29 is 9.47 Å². The third-order valence-corrected chi connectivity index (χ3v) is 6.98. The van der Waals surface area contributed by atoms with Crippen molar-refractivity contribution in [1.29, 1.82) is 0 Å². The molecule has 5 rings (SSSR count). The number of H-pyrrole nitrogens is 1. The maximum absolute atomic E-state index is 13.1. The summed E-state index contributed by atoms with van der Waals surface area (Å²) in [7, 11) is 0. The van der Waals surface area contributed by atoms with Crippen LogP contribution in [0.4, 0.5) is 5.69 Å². The molecule has 4 aromatic rings. The van der Waals surface area contributed by atoms with Gasteiger partial charge in [0.1, 0.15) is 0 Å². The second kappa shape index (κ2) is 10.0. The van der Waals surface area contributed by atoms with Crippen LogP contribution in [0, 0.1) is 13.8 Å². The highest BCUT2D eigenvalue weighted by atomic mass is 32.1. The molecular formula is C29H29N3O3S. The zero-order chi connectivity index (χ0) is 25.2. The Morgan fingerprint density at radius 2 is 1.75 bits per heavy atom. The van der Waals surface area contributed by atoms with E-state index in [9.17, 15) is 4.79 Å². The van der Waals surface area contributed by atoms with Gasteiger partial charge >= 0.3 is 0 Å². The second-order valence-electron chi connectivity index (χ2n) is 9.10. The molecule has 0 atom stereocenters. The van der Waals surface area contributed by atoms with E-state index in [1.54, 1.807) is 0 Å². The molecule has 184 valence electrons. The number of nitrogens with zero attached hydrogens (tertiary/aromatic N) is 1. The van der Waals surface area contributed by atoms with E-state index in [-0.39, 0.29) is 12.4 Å². The molecule has 7 heteroatoms. The van der Waals surface area contributed by atoms with Gasteiger partial charge in [-0.25, -0.2) is 0 Å². The molecule has 0 aliphatic carbocycles. The van der Waals surface area contributed by atoms with Gasteiger partial charge in [-0.05, 0) is 79.0 Å². The van der Waals surface area contributed by atoms with Crippen molar-refractivity contribution in [2.24, 2.45) is 0 Å². The first-order valence-corrected chi connectivity index (χ1v) is 12.5. The van der Waals surface area contributed by atoms with Crippen LogP contribution in [0.15, 0.2) is 65.5 Å². The van der Waals surface area contributed by atoms with Crippen molar-refractivity contribution >= 4 is 33.9 Å². The maximum Gasteiger partial charge on any atom is 0.253 e. The molecule has 0 fully saturated rings. The van der Waals surface area contributed by atoms with Crippen LogP contribution in [0.1, 0.15) is 34.7 Å². The van der Waals surface area contributed by atoms with Gasteiger partial charge in [0, 0.05) is 23.2 Å². The van der Waals surface area contributed by atoms with Crippen molar-refractivity contribution in [2.45, 2.75) is 40.3 Å². The van der Waals surface area contributed by atoms with Crippen LogP contribution in [0.5, 0.6) is 11.5 Å². The number of ether oxygens (including phenoxy) is 2. The van der Waals surface area contributed by atoms with E-state index in [4.69, 9.17) is 21.7 Å². The van der Waals surface area contributed by atoms with E-state index in [0.717, 1.165) is 51.2 Å². The number of pyridine rings is 1. The van der Waals surface area contributed by atoms with Gasteiger partial charge < -0.3 is 24.7 Å². The normalized spacial score (nSPS) is 12.1. The molecule has 0 bridgehead atoms. The number of hydrogen-bond donors (Lipinski definition) is 2. The quantitative estimate of drug-likeness (QED) is 0.325. The van der Waals surface area contributed by atoms with E-state index in [1.807, 2.05) is 60.4 Å². The highest BCUT2D eigenvalue weighted by Gasteiger charge is 2.19. The summed E-state index contributed by atoms with van der Waals surface area (Å²) in [4.78, 5) is 18.2. The Hall–Kier alpha value is -3.84. The fourth-order valence-electron chi connectivity index (χ4n) is 4.55. The minimum atomic E-state index is -0.108. The Labute approximate surface area is 215 Å². The molecule has 0 amide bonds. The highest BCUT2D eigenvalue weighted by Crippen LogP contribution is 2.33. The third kappa shape index (κ3) is 4.79. The van der Waals surface area contributed by atoms with Crippen LogP contribution in [0.25, 0.3) is 10.9 Å². The number of nitrogens with one attached hydrogen (secondary N) is 2. The minimum absolute atomic E-state index is 0.108. The number of rotatable bonds is 6. The SMILES string of the molecule is CCc1ccccc1NC(=S)N(Cc1ccc2c(c1)OCO2)Cc1cc2c(C)ccc(C)c2[nH]c1=O. The second-order valence-corrected chi connectivity index (χ2v) is 9.48. The molecule has 2 heterocycles. The summed E-state index contributed by atoms with van der Waals surface area (Å²) in [6, 6.07) is 20.1. The number of anilines is 1. The molecule has 0 saturated carbocycles. The summed E-state index contributed by atoms with van der Waals surface area (Å²) in [5, 5.41) is 5.01. The number of hydrogen-bond acceptors (Lipinski definition) is 4. The zero-order valence-corrected chi connectivity index (χ0v) is 21.5. The molecule has 3 aromatic carbocycles. The van der Waals surface area contributed by atoms with E-state index < -0.39 is 0 Å². The summed E-state index contributed by atoms with van der Waals surface area (Å²) in [5.74, 6) is 1.46. The molecule has 1 aliphatic heterocycles. The molecule has 0 unspecified atom stereocenters.